The molecule has 0 aliphatic rings. The first-order valence-electron chi connectivity index (χ1n) is 5.66. The zero-order chi connectivity index (χ0) is 14.7. The molecule has 1 N–H and O–H groups in total. The van der Waals surface area contributed by atoms with Gasteiger partial charge in [-0.2, -0.15) is 0 Å². The summed E-state index contributed by atoms with van der Waals surface area (Å²) in [7, 11) is 0. The molecule has 0 bridgehead atoms. The van der Waals surface area contributed by atoms with Crippen LogP contribution in [-0.4, -0.2) is 15.8 Å². The minimum atomic E-state index is -0.493. The topological polar surface area (TPSA) is 85.1 Å². The van der Waals surface area contributed by atoms with E-state index in [1.54, 1.807) is 19.1 Å². The first-order valence-corrected chi connectivity index (χ1v) is 6.04. The molecule has 7 heteroatoms. The molecule has 2 aromatic rings. The van der Waals surface area contributed by atoms with E-state index in [0.29, 0.717) is 16.1 Å². The van der Waals surface area contributed by atoms with E-state index >= 15 is 0 Å². The number of pyridine rings is 1. The highest BCUT2D eigenvalue weighted by atomic mass is 35.5. The number of benzene rings is 1. The molecule has 0 spiro atoms. The average Bonchev–Trinajstić information content (AvgIpc) is 2.40. The molecule has 102 valence electrons. The van der Waals surface area contributed by atoms with E-state index in [-0.39, 0.29) is 11.5 Å². The Bertz CT molecular complexity index is 688. The van der Waals surface area contributed by atoms with Gasteiger partial charge in [0.25, 0.3) is 11.6 Å². The maximum Gasteiger partial charge on any atom is 0.272 e. The highest BCUT2D eigenvalue weighted by Crippen LogP contribution is 2.21. The van der Waals surface area contributed by atoms with Gasteiger partial charge in [-0.3, -0.25) is 14.9 Å². The van der Waals surface area contributed by atoms with E-state index in [1.807, 2.05) is 0 Å². The van der Waals surface area contributed by atoms with Crippen LogP contribution in [0.2, 0.25) is 5.02 Å². The first kappa shape index (κ1) is 14.0. The monoisotopic (exact) mass is 291 g/mol. The van der Waals surface area contributed by atoms with Gasteiger partial charge in [0.15, 0.2) is 5.82 Å². The third-order valence-corrected chi connectivity index (χ3v) is 2.95. The van der Waals surface area contributed by atoms with Crippen LogP contribution in [0.3, 0.4) is 0 Å². The van der Waals surface area contributed by atoms with Crippen LogP contribution in [-0.2, 0) is 0 Å². The number of rotatable bonds is 3. The summed E-state index contributed by atoms with van der Waals surface area (Å²) in [6.45, 7) is 1.57. The van der Waals surface area contributed by atoms with Crippen molar-refractivity contribution in [2.45, 2.75) is 6.92 Å². The van der Waals surface area contributed by atoms with E-state index in [9.17, 15) is 14.9 Å². The van der Waals surface area contributed by atoms with Crippen LogP contribution >= 0.6 is 11.6 Å². The summed E-state index contributed by atoms with van der Waals surface area (Å²) in [4.78, 5) is 26.2. The van der Waals surface area contributed by atoms with Crippen molar-refractivity contribution in [2.75, 3.05) is 5.32 Å². The number of nitrogens with zero attached hydrogens (tertiary/aromatic N) is 2. The van der Waals surface area contributed by atoms with Gasteiger partial charge in [0.1, 0.15) is 0 Å². The summed E-state index contributed by atoms with van der Waals surface area (Å²) in [5.41, 5.74) is 0.682. The standard InChI is InChI=1S/C13H10ClN3O3/c1-8-7-9(4-5-11(8)17(19)20)13(18)16-12-10(14)3-2-6-15-12/h2-7H,1H3,(H,15,16,18). The molecule has 20 heavy (non-hydrogen) atoms. The number of aromatic nitrogens is 1. The second-order valence-electron chi connectivity index (χ2n) is 4.05. The lowest BCUT2D eigenvalue weighted by Crippen LogP contribution is -2.13. The molecule has 2 rings (SSSR count). The van der Waals surface area contributed by atoms with E-state index in [4.69, 9.17) is 11.6 Å². The highest BCUT2D eigenvalue weighted by molar-refractivity contribution is 6.33. The Morgan fingerprint density at radius 3 is 2.75 bits per heavy atom. The number of nitro benzene ring substituents is 1. The van der Waals surface area contributed by atoms with Crippen molar-refractivity contribution < 1.29 is 9.72 Å². The van der Waals surface area contributed by atoms with Crippen LogP contribution < -0.4 is 5.32 Å². The molecular formula is C13H10ClN3O3. The van der Waals surface area contributed by atoms with Crippen molar-refractivity contribution >= 4 is 29.0 Å². The minimum Gasteiger partial charge on any atom is -0.305 e. The van der Waals surface area contributed by atoms with Gasteiger partial charge < -0.3 is 5.32 Å². The number of carbonyl (C=O) groups is 1. The second-order valence-corrected chi connectivity index (χ2v) is 4.45. The number of amides is 1. The van der Waals surface area contributed by atoms with E-state index in [0.717, 1.165) is 0 Å². The van der Waals surface area contributed by atoms with Crippen LogP contribution in [0.5, 0.6) is 0 Å². The Balaban J connectivity index is 2.24. The van der Waals surface area contributed by atoms with Crippen LogP contribution in [0.4, 0.5) is 11.5 Å². The molecule has 0 saturated carbocycles. The lowest BCUT2D eigenvalue weighted by Gasteiger charge is -2.06. The molecule has 0 aliphatic heterocycles. The molecule has 0 unspecified atom stereocenters. The van der Waals surface area contributed by atoms with Gasteiger partial charge in [-0.05, 0) is 31.2 Å². The number of nitro groups is 1. The van der Waals surface area contributed by atoms with Gasteiger partial charge in [-0.25, -0.2) is 4.98 Å². The van der Waals surface area contributed by atoms with Crippen LogP contribution in [0, 0.1) is 17.0 Å². The van der Waals surface area contributed by atoms with Gasteiger partial charge in [0.2, 0.25) is 0 Å². The maximum absolute atomic E-state index is 12.0. The summed E-state index contributed by atoms with van der Waals surface area (Å²) in [5, 5.41) is 13.6. The highest BCUT2D eigenvalue weighted by Gasteiger charge is 2.14. The largest absolute Gasteiger partial charge is 0.305 e. The van der Waals surface area contributed by atoms with Crippen molar-refractivity contribution in [3.05, 3.63) is 62.8 Å². The van der Waals surface area contributed by atoms with Crippen molar-refractivity contribution in [3.63, 3.8) is 0 Å². The van der Waals surface area contributed by atoms with Gasteiger partial charge in [-0.15, -0.1) is 0 Å². The average molecular weight is 292 g/mol. The number of halogens is 1. The molecule has 0 atom stereocenters. The fraction of sp³-hybridized carbons (Fsp3) is 0.0769. The van der Waals surface area contributed by atoms with E-state index in [1.165, 1.54) is 24.4 Å². The molecule has 1 aromatic heterocycles. The normalized spacial score (nSPS) is 10.1. The van der Waals surface area contributed by atoms with Crippen LogP contribution in [0.25, 0.3) is 0 Å². The van der Waals surface area contributed by atoms with Crippen molar-refractivity contribution in [1.82, 2.24) is 4.98 Å². The molecular weight excluding hydrogens is 282 g/mol. The summed E-state index contributed by atoms with van der Waals surface area (Å²) in [5.74, 6) is -0.182. The number of hydrogen-bond acceptors (Lipinski definition) is 4. The predicted molar refractivity (Wildman–Crippen MR) is 75.0 cm³/mol. The van der Waals surface area contributed by atoms with Crippen molar-refractivity contribution in [1.29, 1.82) is 0 Å². The Kier molecular flexibility index (Phi) is 3.95. The summed E-state index contributed by atoms with van der Waals surface area (Å²) >= 11 is 5.89. The summed E-state index contributed by atoms with van der Waals surface area (Å²) in [6, 6.07) is 7.38. The minimum absolute atomic E-state index is 0.0302. The SMILES string of the molecule is Cc1cc(C(=O)Nc2ncccc2Cl)ccc1[N+](=O)[O-]. The molecule has 6 nitrogen and oxygen atoms in total. The fourth-order valence-corrected chi connectivity index (χ4v) is 1.83. The predicted octanol–water partition coefficient (Wildman–Crippen LogP) is 3.20. The molecule has 0 fully saturated rings. The van der Waals surface area contributed by atoms with Crippen molar-refractivity contribution in [3.8, 4) is 0 Å². The third kappa shape index (κ3) is 2.92. The molecule has 1 aromatic carbocycles. The van der Waals surface area contributed by atoms with Crippen molar-refractivity contribution in [2.24, 2.45) is 0 Å². The fourth-order valence-electron chi connectivity index (χ4n) is 1.66. The Morgan fingerprint density at radius 1 is 1.40 bits per heavy atom. The quantitative estimate of drug-likeness (QED) is 0.695. The number of aryl methyl sites for hydroxylation is 1. The molecule has 0 radical (unpaired) electrons. The first-order chi connectivity index (χ1) is 9.49. The molecule has 0 aliphatic carbocycles. The lowest BCUT2D eigenvalue weighted by molar-refractivity contribution is -0.385. The van der Waals surface area contributed by atoms with Gasteiger partial charge in [-0.1, -0.05) is 11.6 Å². The number of anilines is 1. The number of carbonyl (C=O) groups excluding carboxylic acids is 1. The third-order valence-electron chi connectivity index (χ3n) is 2.65. The van der Waals surface area contributed by atoms with Gasteiger partial charge in [0.05, 0.1) is 9.95 Å². The van der Waals surface area contributed by atoms with Crippen LogP contribution in [0.1, 0.15) is 15.9 Å². The smallest absolute Gasteiger partial charge is 0.272 e. The van der Waals surface area contributed by atoms with E-state index < -0.39 is 10.8 Å². The van der Waals surface area contributed by atoms with Crippen LogP contribution in [0.15, 0.2) is 36.5 Å². The zero-order valence-corrected chi connectivity index (χ0v) is 11.2. The molecule has 1 amide bonds. The number of hydrogen-bond donors (Lipinski definition) is 1. The zero-order valence-electron chi connectivity index (χ0n) is 10.5. The Morgan fingerprint density at radius 2 is 2.15 bits per heavy atom. The van der Waals surface area contributed by atoms with Gasteiger partial charge in [0, 0.05) is 23.4 Å². The van der Waals surface area contributed by atoms with E-state index in [2.05, 4.69) is 10.3 Å². The van der Waals surface area contributed by atoms with Gasteiger partial charge >= 0.3 is 0 Å². The summed E-state index contributed by atoms with van der Waals surface area (Å²) < 4.78 is 0. The maximum atomic E-state index is 12.0. The molecule has 1 heterocycles. The molecule has 0 saturated heterocycles. The second kappa shape index (κ2) is 5.66. The summed E-state index contributed by atoms with van der Waals surface area (Å²) in [6.07, 6.45) is 1.50. The Hall–Kier alpha value is -2.47. The Labute approximate surface area is 119 Å². The lowest BCUT2D eigenvalue weighted by atomic mass is 10.1. The number of nitrogens with one attached hydrogen (secondary N) is 1.